The Morgan fingerprint density at radius 2 is 1.83 bits per heavy atom. The van der Waals surface area contributed by atoms with Crippen molar-refractivity contribution in [3.8, 4) is 5.75 Å². The number of amides is 1. The fraction of sp³-hybridized carbons (Fsp3) is 0.545. The van der Waals surface area contributed by atoms with Crippen LogP contribution in [0.4, 0.5) is 0 Å². The van der Waals surface area contributed by atoms with Crippen LogP contribution in [0.1, 0.15) is 34.2 Å². The maximum atomic E-state index is 13.1. The number of carbonyl (C=O) groups excluding carboxylic acids is 1. The van der Waals surface area contributed by atoms with Crippen molar-refractivity contribution in [3.63, 3.8) is 0 Å². The van der Waals surface area contributed by atoms with E-state index in [1.807, 2.05) is 47.8 Å². The fourth-order valence-corrected chi connectivity index (χ4v) is 3.67. The Labute approximate surface area is 173 Å². The quantitative estimate of drug-likeness (QED) is 0.637. The molecule has 1 saturated heterocycles. The number of piperazine rings is 1. The highest BCUT2D eigenvalue weighted by Gasteiger charge is 2.25. The predicted molar refractivity (Wildman–Crippen MR) is 112 cm³/mol. The van der Waals surface area contributed by atoms with Crippen molar-refractivity contribution >= 4 is 5.91 Å². The van der Waals surface area contributed by atoms with E-state index in [1.165, 1.54) is 11.3 Å². The molecule has 0 unspecified atom stereocenters. The van der Waals surface area contributed by atoms with E-state index in [0.29, 0.717) is 44.2 Å². The molecule has 0 aliphatic carbocycles. The lowest BCUT2D eigenvalue weighted by molar-refractivity contribution is 0.0620. The highest BCUT2D eigenvalue weighted by Crippen LogP contribution is 2.22. The van der Waals surface area contributed by atoms with Gasteiger partial charge in [-0.3, -0.25) is 14.4 Å². The number of nitrogens with zero attached hydrogens (tertiary/aromatic N) is 4. The van der Waals surface area contributed by atoms with Crippen LogP contribution in [0, 0.1) is 13.8 Å². The number of rotatable bonds is 8. The average Bonchev–Trinajstić information content (AvgIpc) is 2.97. The lowest BCUT2D eigenvalue weighted by atomic mass is 10.1. The molecule has 2 aromatic rings. The molecule has 1 fully saturated rings. The van der Waals surface area contributed by atoms with Gasteiger partial charge in [0.1, 0.15) is 12.4 Å². The van der Waals surface area contributed by atoms with Gasteiger partial charge in [-0.25, -0.2) is 0 Å². The number of carbonyl (C=O) groups is 1. The van der Waals surface area contributed by atoms with Crippen LogP contribution < -0.4 is 4.74 Å². The van der Waals surface area contributed by atoms with Gasteiger partial charge in [-0.2, -0.15) is 5.10 Å². The molecule has 158 valence electrons. The van der Waals surface area contributed by atoms with Crippen molar-refractivity contribution in [2.75, 3.05) is 46.0 Å². The van der Waals surface area contributed by atoms with Crippen molar-refractivity contribution in [2.45, 2.75) is 27.3 Å². The third-order valence-corrected chi connectivity index (χ3v) is 5.51. The van der Waals surface area contributed by atoms with Crippen LogP contribution in [0.5, 0.6) is 5.75 Å². The molecule has 0 atom stereocenters. The minimum Gasteiger partial charge on any atom is -0.490 e. The Bertz CT molecular complexity index is 825. The van der Waals surface area contributed by atoms with Gasteiger partial charge in [-0.15, -0.1) is 0 Å². The van der Waals surface area contributed by atoms with E-state index >= 15 is 0 Å². The molecule has 1 aromatic carbocycles. The first kappa shape index (κ1) is 21.3. The number of benzene rings is 1. The van der Waals surface area contributed by atoms with Crippen LogP contribution in [0.25, 0.3) is 0 Å². The average molecular weight is 401 g/mol. The maximum Gasteiger partial charge on any atom is 0.257 e. The summed E-state index contributed by atoms with van der Waals surface area (Å²) in [6, 6.07) is 7.46. The lowest BCUT2D eigenvalue weighted by Gasteiger charge is -2.35. The van der Waals surface area contributed by atoms with Crippen molar-refractivity contribution < 1.29 is 14.3 Å². The van der Waals surface area contributed by atoms with Crippen molar-refractivity contribution in [2.24, 2.45) is 7.05 Å². The van der Waals surface area contributed by atoms with Gasteiger partial charge < -0.3 is 14.4 Å². The molecule has 7 heteroatoms. The molecule has 7 nitrogen and oxygen atoms in total. The van der Waals surface area contributed by atoms with E-state index < -0.39 is 0 Å². The molecule has 3 rings (SSSR count). The Morgan fingerprint density at radius 3 is 2.48 bits per heavy atom. The zero-order chi connectivity index (χ0) is 20.8. The molecule has 1 aliphatic heterocycles. The van der Waals surface area contributed by atoms with Crippen LogP contribution in [0.3, 0.4) is 0 Å². The first-order valence-electron chi connectivity index (χ1n) is 10.3. The molecule has 1 aromatic heterocycles. The van der Waals surface area contributed by atoms with E-state index in [1.54, 1.807) is 0 Å². The van der Waals surface area contributed by atoms with Gasteiger partial charge in [0.2, 0.25) is 0 Å². The van der Waals surface area contributed by atoms with Gasteiger partial charge >= 0.3 is 0 Å². The molecule has 1 aliphatic rings. The monoisotopic (exact) mass is 400 g/mol. The fourth-order valence-electron chi connectivity index (χ4n) is 3.67. The second-order valence-electron chi connectivity index (χ2n) is 7.38. The second kappa shape index (κ2) is 9.89. The first-order valence-corrected chi connectivity index (χ1v) is 10.3. The predicted octanol–water partition coefficient (Wildman–Crippen LogP) is 2.41. The molecular weight excluding hydrogens is 368 g/mol. The van der Waals surface area contributed by atoms with Crippen LogP contribution in [0.15, 0.2) is 24.3 Å². The van der Waals surface area contributed by atoms with Crippen LogP contribution >= 0.6 is 0 Å². The van der Waals surface area contributed by atoms with Gasteiger partial charge in [0.05, 0.1) is 17.9 Å². The minimum absolute atomic E-state index is 0.0328. The molecule has 0 bridgehead atoms. The minimum atomic E-state index is 0.0328. The first-order chi connectivity index (χ1) is 14.0. The maximum absolute atomic E-state index is 13.1. The number of hydrogen-bond acceptors (Lipinski definition) is 5. The molecule has 0 spiro atoms. The third kappa shape index (κ3) is 5.16. The summed E-state index contributed by atoms with van der Waals surface area (Å²) in [4.78, 5) is 17.4. The Morgan fingerprint density at radius 1 is 1.10 bits per heavy atom. The summed E-state index contributed by atoms with van der Waals surface area (Å²) >= 11 is 0. The van der Waals surface area contributed by atoms with Gasteiger partial charge in [-0.05, 0) is 32.9 Å². The second-order valence-corrected chi connectivity index (χ2v) is 7.38. The number of aryl methyl sites for hydroxylation is 2. The summed E-state index contributed by atoms with van der Waals surface area (Å²) in [6.07, 6.45) is 0. The SMILES string of the molecule is CCOCCOc1ccccc1C(=O)N1CCN(Cc2c(C)nn(C)c2C)CC1. The number of aromatic nitrogens is 2. The van der Waals surface area contributed by atoms with Crippen molar-refractivity contribution in [1.29, 1.82) is 0 Å². The molecule has 29 heavy (non-hydrogen) atoms. The number of ether oxygens (including phenoxy) is 2. The van der Waals surface area contributed by atoms with Crippen molar-refractivity contribution in [1.82, 2.24) is 19.6 Å². The van der Waals surface area contributed by atoms with E-state index in [2.05, 4.69) is 23.8 Å². The molecule has 0 saturated carbocycles. The summed E-state index contributed by atoms with van der Waals surface area (Å²) < 4.78 is 13.0. The summed E-state index contributed by atoms with van der Waals surface area (Å²) in [7, 11) is 1.98. The van der Waals surface area contributed by atoms with E-state index in [-0.39, 0.29) is 5.91 Å². The highest BCUT2D eigenvalue weighted by molar-refractivity contribution is 5.97. The van der Waals surface area contributed by atoms with E-state index in [4.69, 9.17) is 9.47 Å². The lowest BCUT2D eigenvalue weighted by Crippen LogP contribution is -2.48. The number of para-hydroxylation sites is 1. The van der Waals surface area contributed by atoms with E-state index in [0.717, 1.165) is 25.3 Å². The van der Waals surface area contributed by atoms with Crippen LogP contribution in [0.2, 0.25) is 0 Å². The number of hydrogen-bond donors (Lipinski definition) is 0. The summed E-state index contributed by atoms with van der Waals surface area (Å²) in [5, 5.41) is 4.51. The molecule has 1 amide bonds. The molecule has 0 radical (unpaired) electrons. The summed E-state index contributed by atoms with van der Waals surface area (Å²) in [5.74, 6) is 0.659. The topological polar surface area (TPSA) is 59.8 Å². The Kier molecular flexibility index (Phi) is 7.28. The summed E-state index contributed by atoms with van der Waals surface area (Å²) in [6.45, 7) is 11.8. The van der Waals surface area contributed by atoms with Gasteiger partial charge in [-0.1, -0.05) is 12.1 Å². The van der Waals surface area contributed by atoms with E-state index in [9.17, 15) is 4.79 Å². The molecule has 2 heterocycles. The smallest absolute Gasteiger partial charge is 0.257 e. The summed E-state index contributed by atoms with van der Waals surface area (Å²) in [5.41, 5.74) is 4.21. The van der Waals surface area contributed by atoms with Crippen LogP contribution in [-0.4, -0.2) is 71.5 Å². The van der Waals surface area contributed by atoms with Gasteiger partial charge in [0.15, 0.2) is 0 Å². The van der Waals surface area contributed by atoms with Crippen molar-refractivity contribution in [3.05, 3.63) is 46.8 Å². The zero-order valence-electron chi connectivity index (χ0n) is 18.0. The largest absolute Gasteiger partial charge is 0.490 e. The van der Waals surface area contributed by atoms with Gasteiger partial charge in [0, 0.05) is 57.6 Å². The molecule has 0 N–H and O–H groups in total. The standard InChI is InChI=1S/C22H32N4O3/c1-5-28-14-15-29-21-9-7-6-8-19(21)22(27)26-12-10-25(11-13-26)16-20-17(2)23-24(4)18(20)3/h6-9H,5,10-16H2,1-4H3. The van der Waals surface area contributed by atoms with Gasteiger partial charge in [0.25, 0.3) is 5.91 Å². The molecular formula is C22H32N4O3. The Hall–Kier alpha value is -2.38. The normalized spacial score (nSPS) is 15.0. The van der Waals surface area contributed by atoms with Crippen LogP contribution in [-0.2, 0) is 18.3 Å². The third-order valence-electron chi connectivity index (χ3n) is 5.51. The Balaban J connectivity index is 1.57. The highest BCUT2D eigenvalue weighted by atomic mass is 16.5. The zero-order valence-corrected chi connectivity index (χ0v) is 18.0.